The van der Waals surface area contributed by atoms with Crippen LogP contribution in [0.3, 0.4) is 0 Å². The second-order valence-corrected chi connectivity index (χ2v) is 7.28. The van der Waals surface area contributed by atoms with Crippen molar-refractivity contribution in [2.75, 3.05) is 11.9 Å². The highest BCUT2D eigenvalue weighted by Crippen LogP contribution is 2.31. The van der Waals surface area contributed by atoms with Gasteiger partial charge in [-0.3, -0.25) is 4.99 Å². The third-order valence-corrected chi connectivity index (χ3v) is 4.66. The summed E-state index contributed by atoms with van der Waals surface area (Å²) in [7, 11) is 0. The minimum Gasteiger partial charge on any atom is -0.369 e. The number of hydrogen-bond donors (Lipinski definition) is 2. The fourth-order valence-corrected chi connectivity index (χ4v) is 2.90. The molecule has 0 aliphatic carbocycles. The van der Waals surface area contributed by atoms with E-state index < -0.39 is 0 Å². The van der Waals surface area contributed by atoms with E-state index in [1.165, 1.54) is 5.57 Å². The van der Waals surface area contributed by atoms with Crippen molar-refractivity contribution < 1.29 is 0 Å². The molecule has 0 radical (unpaired) electrons. The molecule has 2 aromatic rings. The maximum atomic E-state index is 6.34. The molecule has 0 unspecified atom stereocenters. The van der Waals surface area contributed by atoms with Crippen LogP contribution in [0.15, 0.2) is 53.2 Å². The molecule has 0 spiro atoms. The van der Waals surface area contributed by atoms with Gasteiger partial charge in [0.25, 0.3) is 0 Å². The van der Waals surface area contributed by atoms with Crippen molar-refractivity contribution in [2.45, 2.75) is 82.1 Å². The number of nitrogens with zero attached hydrogens (tertiary/aromatic N) is 3. The molecule has 0 bridgehead atoms. The Morgan fingerprint density at radius 1 is 1.15 bits per heavy atom. The van der Waals surface area contributed by atoms with Gasteiger partial charge in [0.2, 0.25) is 0 Å². The smallest absolute Gasteiger partial charge is 0.144 e. The second kappa shape index (κ2) is 19.8. The highest BCUT2D eigenvalue weighted by Gasteiger charge is 2.14. The lowest BCUT2D eigenvalue weighted by atomic mass is 10.2. The van der Waals surface area contributed by atoms with E-state index in [0.29, 0.717) is 0 Å². The van der Waals surface area contributed by atoms with Crippen LogP contribution in [0.2, 0.25) is 5.02 Å². The van der Waals surface area contributed by atoms with Crippen LogP contribution in [0, 0.1) is 6.92 Å². The van der Waals surface area contributed by atoms with Gasteiger partial charge < -0.3 is 10.3 Å². The molecule has 5 nitrogen and oxygen atoms in total. The van der Waals surface area contributed by atoms with Gasteiger partial charge in [-0.05, 0) is 52.2 Å². The molecule has 34 heavy (non-hydrogen) atoms. The summed E-state index contributed by atoms with van der Waals surface area (Å²) in [6.45, 7) is 28.3. The van der Waals surface area contributed by atoms with Crippen LogP contribution < -0.4 is 5.32 Å². The third kappa shape index (κ3) is 11.5. The molecule has 2 heterocycles. The van der Waals surface area contributed by atoms with Gasteiger partial charge in [0, 0.05) is 18.5 Å². The van der Waals surface area contributed by atoms with Crippen molar-refractivity contribution in [3.63, 3.8) is 0 Å². The summed E-state index contributed by atoms with van der Waals surface area (Å²) in [5.41, 5.74) is 4.87. The van der Waals surface area contributed by atoms with Crippen LogP contribution in [-0.2, 0) is 6.42 Å². The molecule has 0 saturated carbocycles. The average Bonchev–Trinajstić information content (AvgIpc) is 3.17. The van der Waals surface area contributed by atoms with Crippen LogP contribution in [0.4, 0.5) is 5.82 Å². The van der Waals surface area contributed by atoms with Crippen molar-refractivity contribution in [3.8, 4) is 0 Å². The Bertz CT molecular complexity index is 965. The van der Waals surface area contributed by atoms with Gasteiger partial charge in [0.1, 0.15) is 17.3 Å². The minimum atomic E-state index is 0.737. The number of hydrogen-bond acceptors (Lipinski definition) is 4. The Morgan fingerprint density at radius 2 is 1.76 bits per heavy atom. The number of halogens is 1. The first-order valence-electron chi connectivity index (χ1n) is 12.2. The van der Waals surface area contributed by atoms with Crippen LogP contribution >= 0.6 is 11.6 Å². The highest BCUT2D eigenvalue weighted by molar-refractivity contribution is 6.37. The molecule has 0 saturated heterocycles. The Hall–Kier alpha value is -2.66. The van der Waals surface area contributed by atoms with Crippen molar-refractivity contribution in [1.82, 2.24) is 15.0 Å². The predicted molar refractivity (Wildman–Crippen MR) is 156 cm³/mol. The van der Waals surface area contributed by atoms with Crippen molar-refractivity contribution in [1.29, 1.82) is 0 Å². The SMILES string of the molecule is C=CC=N/C(=C/C(C)=C\C)C(=C)C.CC.CC.CCCNc1nc(C)nc2[nH]c(CC)c(Cl)c12. The highest BCUT2D eigenvalue weighted by atomic mass is 35.5. The molecule has 0 amide bonds. The number of aryl methyl sites for hydroxylation is 2. The zero-order valence-electron chi connectivity index (χ0n) is 23.1. The van der Waals surface area contributed by atoms with Gasteiger partial charge in [-0.1, -0.05) is 84.0 Å². The number of fused-ring (bicyclic) bond motifs is 1. The van der Waals surface area contributed by atoms with E-state index in [1.807, 2.05) is 67.5 Å². The molecule has 6 heteroatoms. The van der Waals surface area contributed by atoms with Crippen LogP contribution in [0.5, 0.6) is 0 Å². The Balaban J connectivity index is 0. The number of aliphatic imine (C=N–C) groups is 1. The maximum absolute atomic E-state index is 6.34. The zero-order chi connectivity index (χ0) is 26.7. The van der Waals surface area contributed by atoms with Crippen molar-refractivity contribution >= 4 is 34.7 Å². The van der Waals surface area contributed by atoms with Gasteiger partial charge >= 0.3 is 0 Å². The predicted octanol–water partition coefficient (Wildman–Crippen LogP) is 9.03. The van der Waals surface area contributed by atoms with Gasteiger partial charge in [0.05, 0.1) is 16.1 Å². The fourth-order valence-electron chi connectivity index (χ4n) is 2.54. The van der Waals surface area contributed by atoms with Crippen LogP contribution in [0.25, 0.3) is 11.0 Å². The zero-order valence-corrected chi connectivity index (χ0v) is 23.8. The number of nitrogens with one attached hydrogen (secondary N) is 2. The van der Waals surface area contributed by atoms with Gasteiger partial charge in [-0.2, -0.15) is 0 Å². The third-order valence-electron chi connectivity index (χ3n) is 4.25. The number of allylic oxidation sites excluding steroid dienone is 5. The molecule has 0 fully saturated rings. The Labute approximate surface area is 213 Å². The van der Waals surface area contributed by atoms with E-state index in [1.54, 1.807) is 12.3 Å². The molecule has 0 aliphatic heterocycles. The van der Waals surface area contributed by atoms with Crippen molar-refractivity contribution in [3.05, 3.63) is 64.8 Å². The normalized spacial score (nSPS) is 11.0. The molecular formula is C28H46ClN5. The largest absolute Gasteiger partial charge is 0.369 e. The lowest BCUT2D eigenvalue weighted by Gasteiger charge is -2.06. The van der Waals surface area contributed by atoms with E-state index in [-0.39, 0.29) is 0 Å². The molecule has 2 N–H and O–H groups in total. The standard InChI is InChI=1S/C12H17ClN4.C12H17N.2C2H6/c1-4-6-14-11-9-10(13)8(5-2)17-12(9)16-7(3)15-11;1-6-8-13-12(10(3)4)9-11(5)7-2;2*1-2/h4-6H2,1-3H3,(H2,14,15,16,17);6-9H,1,3H2,2,4-5H3;2*1-2H3/b;11-7-,12-9+,13-8?;;. The summed E-state index contributed by atoms with van der Waals surface area (Å²) >= 11 is 6.34. The Kier molecular flexibility index (Phi) is 19.5. The Morgan fingerprint density at radius 3 is 2.24 bits per heavy atom. The first kappa shape index (κ1) is 33.5. The fraction of sp³-hybridized carbons (Fsp3) is 0.464. The van der Waals surface area contributed by atoms with Gasteiger partial charge in [-0.15, -0.1) is 0 Å². The van der Waals surface area contributed by atoms with Gasteiger partial charge in [0.15, 0.2) is 0 Å². The summed E-state index contributed by atoms with van der Waals surface area (Å²) in [5, 5.41) is 4.94. The van der Waals surface area contributed by atoms with E-state index in [9.17, 15) is 0 Å². The number of aromatic nitrogens is 3. The quantitative estimate of drug-likeness (QED) is 0.288. The van der Waals surface area contributed by atoms with E-state index in [0.717, 1.165) is 64.0 Å². The number of anilines is 1. The maximum Gasteiger partial charge on any atom is 0.144 e. The summed E-state index contributed by atoms with van der Waals surface area (Å²) in [5.74, 6) is 1.58. The number of H-pyrrole nitrogens is 1. The first-order valence-corrected chi connectivity index (χ1v) is 12.6. The topological polar surface area (TPSA) is 66.0 Å². The lowest BCUT2D eigenvalue weighted by molar-refractivity contribution is 0.961. The molecule has 190 valence electrons. The molecule has 2 rings (SSSR count). The molecule has 0 atom stereocenters. The van der Waals surface area contributed by atoms with E-state index >= 15 is 0 Å². The van der Waals surface area contributed by atoms with Crippen molar-refractivity contribution in [2.24, 2.45) is 4.99 Å². The summed E-state index contributed by atoms with van der Waals surface area (Å²) in [6, 6.07) is 0. The van der Waals surface area contributed by atoms with Crippen LogP contribution in [0.1, 0.15) is 80.3 Å². The molecule has 0 aromatic carbocycles. The second-order valence-electron chi connectivity index (χ2n) is 6.90. The van der Waals surface area contributed by atoms with E-state index in [4.69, 9.17) is 11.6 Å². The number of aromatic amines is 1. The molecule has 0 aliphatic rings. The summed E-state index contributed by atoms with van der Waals surface area (Å²) in [4.78, 5) is 16.3. The van der Waals surface area contributed by atoms with Crippen LogP contribution in [-0.4, -0.2) is 27.7 Å². The molecule has 2 aromatic heterocycles. The monoisotopic (exact) mass is 487 g/mol. The summed E-state index contributed by atoms with van der Waals surface area (Å²) in [6.07, 6.45) is 9.27. The average molecular weight is 488 g/mol. The van der Waals surface area contributed by atoms with Gasteiger partial charge in [-0.25, -0.2) is 9.97 Å². The summed E-state index contributed by atoms with van der Waals surface area (Å²) < 4.78 is 0. The van der Waals surface area contributed by atoms with E-state index in [2.05, 4.69) is 52.3 Å². The lowest BCUT2D eigenvalue weighted by Crippen LogP contribution is -2.04. The first-order chi connectivity index (χ1) is 16.3. The number of rotatable bonds is 8. The molecular weight excluding hydrogens is 442 g/mol. The minimum absolute atomic E-state index is 0.737.